The van der Waals surface area contributed by atoms with Gasteiger partial charge in [-0.3, -0.25) is 9.78 Å². The van der Waals surface area contributed by atoms with E-state index in [9.17, 15) is 4.79 Å². The molecule has 1 atom stereocenters. The predicted octanol–water partition coefficient (Wildman–Crippen LogP) is 2.36. The van der Waals surface area contributed by atoms with Gasteiger partial charge in [0.05, 0.1) is 30.6 Å². The number of aromatic nitrogens is 2. The van der Waals surface area contributed by atoms with Crippen molar-refractivity contribution in [1.29, 1.82) is 0 Å². The lowest BCUT2D eigenvalue weighted by atomic mass is 9.88. The van der Waals surface area contributed by atoms with E-state index < -0.39 is 0 Å². The summed E-state index contributed by atoms with van der Waals surface area (Å²) in [5.41, 5.74) is 1.58. The summed E-state index contributed by atoms with van der Waals surface area (Å²) in [6.45, 7) is 4.29. The Morgan fingerprint density at radius 3 is 2.81 bits per heavy atom. The van der Waals surface area contributed by atoms with Crippen LogP contribution >= 0.6 is 0 Å². The van der Waals surface area contributed by atoms with E-state index in [2.05, 4.69) is 9.97 Å². The molecule has 0 saturated carbocycles. The third-order valence-corrected chi connectivity index (χ3v) is 5.31. The van der Waals surface area contributed by atoms with E-state index in [-0.39, 0.29) is 17.6 Å². The fraction of sp³-hybridized carbons (Fsp3) is 0.526. The Bertz CT molecular complexity index is 753. The van der Waals surface area contributed by atoms with Crippen molar-refractivity contribution < 1.29 is 18.7 Å². The fourth-order valence-corrected chi connectivity index (χ4v) is 3.72. The van der Waals surface area contributed by atoms with E-state index in [0.29, 0.717) is 37.8 Å². The van der Waals surface area contributed by atoms with Gasteiger partial charge in [-0.1, -0.05) is 0 Å². The molecule has 0 unspecified atom stereocenters. The molecule has 0 aromatic carbocycles. The maximum Gasteiger partial charge on any atom is 0.291 e. The van der Waals surface area contributed by atoms with E-state index in [1.54, 1.807) is 19.3 Å². The molecule has 2 fully saturated rings. The lowest BCUT2D eigenvalue weighted by Gasteiger charge is -2.38. The minimum absolute atomic E-state index is 0.0849. The van der Waals surface area contributed by atoms with Crippen molar-refractivity contribution in [3.8, 4) is 0 Å². The van der Waals surface area contributed by atoms with Crippen LogP contribution in [0.5, 0.6) is 0 Å². The molecule has 26 heavy (non-hydrogen) atoms. The third-order valence-electron chi connectivity index (χ3n) is 5.31. The molecule has 0 bridgehead atoms. The number of hydrogen-bond donors (Lipinski definition) is 0. The average Bonchev–Trinajstić information content (AvgIpc) is 3.27. The van der Waals surface area contributed by atoms with Gasteiger partial charge < -0.3 is 18.8 Å². The number of amides is 1. The highest BCUT2D eigenvalue weighted by Gasteiger charge is 2.44. The van der Waals surface area contributed by atoms with Gasteiger partial charge in [-0.2, -0.15) is 0 Å². The first kappa shape index (κ1) is 17.2. The first-order chi connectivity index (χ1) is 12.7. The molecule has 138 valence electrons. The van der Waals surface area contributed by atoms with Crippen LogP contribution in [0.3, 0.4) is 0 Å². The predicted molar refractivity (Wildman–Crippen MR) is 92.5 cm³/mol. The lowest BCUT2D eigenvalue weighted by Crippen LogP contribution is -2.46. The third kappa shape index (κ3) is 3.50. The first-order valence-corrected chi connectivity index (χ1v) is 8.99. The lowest BCUT2D eigenvalue weighted by molar-refractivity contribution is -0.0416. The van der Waals surface area contributed by atoms with Gasteiger partial charge in [0.2, 0.25) is 5.76 Å². The number of rotatable bonds is 4. The number of hydrogen-bond acceptors (Lipinski definition) is 6. The van der Waals surface area contributed by atoms with Crippen LogP contribution in [-0.2, 0) is 16.1 Å². The second-order valence-electron chi connectivity index (χ2n) is 7.05. The molecule has 2 aliphatic heterocycles. The maximum absolute atomic E-state index is 12.5. The average molecular weight is 357 g/mol. The van der Waals surface area contributed by atoms with Crippen molar-refractivity contribution >= 4 is 5.91 Å². The minimum Gasteiger partial charge on any atom is -0.438 e. The topological polar surface area (TPSA) is 77.7 Å². The molecule has 4 rings (SSSR count). The number of pyridine rings is 1. The molecule has 2 aromatic rings. The normalized spacial score (nSPS) is 22.0. The van der Waals surface area contributed by atoms with Crippen molar-refractivity contribution in [3.05, 3.63) is 47.9 Å². The smallest absolute Gasteiger partial charge is 0.291 e. The minimum atomic E-state index is -0.170. The summed E-state index contributed by atoms with van der Waals surface area (Å²) in [6, 6.07) is 3.92. The number of oxazole rings is 1. The van der Waals surface area contributed by atoms with Gasteiger partial charge in [-0.25, -0.2) is 4.98 Å². The summed E-state index contributed by atoms with van der Waals surface area (Å²) in [5.74, 6) is 0.255. The van der Waals surface area contributed by atoms with Gasteiger partial charge >= 0.3 is 0 Å². The second kappa shape index (κ2) is 7.17. The molecular formula is C19H23N3O4. The quantitative estimate of drug-likeness (QED) is 0.836. The van der Waals surface area contributed by atoms with Crippen LogP contribution in [0.2, 0.25) is 0 Å². The zero-order valence-corrected chi connectivity index (χ0v) is 14.9. The number of nitrogens with zero attached hydrogens (tertiary/aromatic N) is 3. The Morgan fingerprint density at radius 2 is 2.12 bits per heavy atom. The van der Waals surface area contributed by atoms with Gasteiger partial charge in [0, 0.05) is 31.9 Å². The highest BCUT2D eigenvalue weighted by molar-refractivity contribution is 5.92. The van der Waals surface area contributed by atoms with E-state index in [0.717, 1.165) is 24.8 Å². The van der Waals surface area contributed by atoms with Crippen molar-refractivity contribution in [2.24, 2.45) is 0 Å². The van der Waals surface area contributed by atoms with E-state index in [1.165, 1.54) is 6.39 Å². The monoisotopic (exact) mass is 357 g/mol. The Morgan fingerprint density at radius 1 is 1.35 bits per heavy atom. The number of carbonyl (C=O) groups is 1. The highest BCUT2D eigenvalue weighted by Crippen LogP contribution is 2.37. The maximum atomic E-state index is 12.5. The molecular weight excluding hydrogens is 334 g/mol. The zero-order chi connectivity index (χ0) is 18.0. The van der Waals surface area contributed by atoms with Crippen molar-refractivity contribution in [3.63, 3.8) is 0 Å². The number of carbonyl (C=O) groups excluding carboxylic acids is 1. The van der Waals surface area contributed by atoms with Crippen LogP contribution in [0.1, 0.15) is 41.1 Å². The molecule has 0 aliphatic carbocycles. The van der Waals surface area contributed by atoms with Crippen molar-refractivity contribution in [2.45, 2.75) is 44.5 Å². The van der Waals surface area contributed by atoms with E-state index in [4.69, 9.17) is 13.9 Å². The number of piperidine rings is 1. The second-order valence-corrected chi connectivity index (χ2v) is 7.05. The van der Waals surface area contributed by atoms with Gasteiger partial charge in [0.1, 0.15) is 0 Å². The van der Waals surface area contributed by atoms with Crippen LogP contribution < -0.4 is 0 Å². The Hall–Kier alpha value is -2.25. The Labute approximate surface area is 152 Å². The van der Waals surface area contributed by atoms with Crippen LogP contribution in [0.15, 0.2) is 35.3 Å². The Kier molecular flexibility index (Phi) is 4.74. The number of likely N-dealkylation sites (tertiary alicyclic amines) is 1. The van der Waals surface area contributed by atoms with Crippen LogP contribution in [0, 0.1) is 6.92 Å². The van der Waals surface area contributed by atoms with E-state index in [1.807, 2.05) is 17.0 Å². The molecule has 7 nitrogen and oxygen atoms in total. The molecule has 2 aliphatic rings. The molecule has 1 spiro atoms. The zero-order valence-electron chi connectivity index (χ0n) is 14.9. The Balaban J connectivity index is 1.29. The van der Waals surface area contributed by atoms with Crippen LogP contribution in [-0.4, -0.2) is 52.2 Å². The van der Waals surface area contributed by atoms with Crippen LogP contribution in [0.4, 0.5) is 0 Å². The number of ether oxygens (including phenoxy) is 2. The molecule has 2 saturated heterocycles. The number of aryl methyl sites for hydroxylation is 1. The van der Waals surface area contributed by atoms with Gasteiger partial charge in [0.15, 0.2) is 6.39 Å². The molecule has 2 aromatic heterocycles. The summed E-state index contributed by atoms with van der Waals surface area (Å²) < 4.78 is 17.4. The van der Waals surface area contributed by atoms with Gasteiger partial charge in [-0.05, 0) is 37.5 Å². The van der Waals surface area contributed by atoms with Gasteiger partial charge in [-0.15, -0.1) is 0 Å². The van der Waals surface area contributed by atoms with Crippen LogP contribution in [0.25, 0.3) is 0 Å². The van der Waals surface area contributed by atoms with Crippen molar-refractivity contribution in [1.82, 2.24) is 14.9 Å². The molecule has 4 heterocycles. The standard InChI is InChI=1S/C19H23N3O4/c1-14-17(25-13-21-14)18(23)22-8-4-19(5-9-22)10-16(12-26-19)24-11-15-2-6-20-7-3-15/h2-3,6-7,13,16H,4-5,8-12H2,1H3/t16-/m0/s1. The largest absolute Gasteiger partial charge is 0.438 e. The first-order valence-electron chi connectivity index (χ1n) is 8.99. The highest BCUT2D eigenvalue weighted by atomic mass is 16.6. The van der Waals surface area contributed by atoms with Crippen molar-refractivity contribution in [2.75, 3.05) is 19.7 Å². The summed E-state index contributed by atoms with van der Waals surface area (Å²) in [7, 11) is 0. The molecule has 7 heteroatoms. The van der Waals surface area contributed by atoms with Gasteiger partial charge in [0.25, 0.3) is 5.91 Å². The summed E-state index contributed by atoms with van der Waals surface area (Å²) >= 11 is 0. The molecule has 1 amide bonds. The molecule has 0 N–H and O–H groups in total. The molecule has 0 radical (unpaired) electrons. The SMILES string of the molecule is Cc1ncoc1C(=O)N1CCC2(CC1)C[C@H](OCc1ccncc1)CO2. The summed E-state index contributed by atoms with van der Waals surface area (Å²) in [4.78, 5) is 22.4. The fourth-order valence-electron chi connectivity index (χ4n) is 3.72. The summed E-state index contributed by atoms with van der Waals surface area (Å²) in [6.07, 6.45) is 7.48. The summed E-state index contributed by atoms with van der Waals surface area (Å²) in [5, 5.41) is 0. The van der Waals surface area contributed by atoms with E-state index >= 15 is 0 Å².